The van der Waals surface area contributed by atoms with Crippen LogP contribution in [0.4, 0.5) is 0 Å². The molecule has 0 bridgehead atoms. The molecule has 0 aliphatic carbocycles. The molecule has 4 rings (SSSR count). The minimum atomic E-state index is -0.0893. The largest absolute Gasteiger partial charge is 0.327 e. The van der Waals surface area contributed by atoms with Crippen molar-refractivity contribution in [1.29, 1.82) is 0 Å². The first-order valence-electron chi connectivity index (χ1n) is 8.24. The van der Waals surface area contributed by atoms with Crippen LogP contribution in [0.15, 0.2) is 42.7 Å². The Hall–Kier alpha value is -2.93. The molecule has 1 amide bonds. The summed E-state index contributed by atoms with van der Waals surface area (Å²) in [5.74, 6) is 0.0219. The Morgan fingerprint density at radius 3 is 2.92 bits per heavy atom. The molecule has 1 aliphatic rings. The van der Waals surface area contributed by atoms with Crippen molar-refractivity contribution in [2.45, 2.75) is 12.5 Å². The third-order valence-corrected chi connectivity index (χ3v) is 4.93. The number of H-pyrrole nitrogens is 1. The highest BCUT2D eigenvalue weighted by atomic mass is 35.5. The average molecular weight is 369 g/mol. The van der Waals surface area contributed by atoms with Crippen LogP contribution in [0.25, 0.3) is 6.08 Å². The number of rotatable bonds is 5. The predicted octanol–water partition coefficient (Wildman–Crippen LogP) is 2.64. The van der Waals surface area contributed by atoms with Crippen molar-refractivity contribution < 1.29 is 4.79 Å². The summed E-state index contributed by atoms with van der Waals surface area (Å²) in [6.07, 6.45) is 7.70. The second kappa shape index (κ2) is 6.76. The van der Waals surface area contributed by atoms with E-state index >= 15 is 0 Å². The number of hydrogen-bond acceptors (Lipinski definition) is 4. The van der Waals surface area contributed by atoms with Crippen LogP contribution in [0.2, 0.25) is 5.02 Å². The molecule has 1 N–H and O–H groups in total. The van der Waals surface area contributed by atoms with Crippen LogP contribution >= 0.6 is 11.6 Å². The fourth-order valence-electron chi connectivity index (χ4n) is 3.30. The van der Waals surface area contributed by atoms with Crippen LogP contribution < -0.4 is 0 Å². The van der Waals surface area contributed by atoms with E-state index in [-0.39, 0.29) is 11.9 Å². The van der Waals surface area contributed by atoms with Crippen LogP contribution in [-0.2, 0) is 13.5 Å². The van der Waals surface area contributed by atoms with E-state index in [1.807, 2.05) is 48.4 Å². The summed E-state index contributed by atoms with van der Waals surface area (Å²) in [6.45, 7) is 0.473. The van der Waals surface area contributed by atoms with Gasteiger partial charge in [-0.3, -0.25) is 14.6 Å². The zero-order valence-corrected chi connectivity index (χ0v) is 14.9. The molecule has 0 fully saturated rings. The lowest BCUT2D eigenvalue weighted by molar-refractivity contribution is 0.0746. The normalized spacial score (nSPS) is 16.6. The molecule has 2 aromatic heterocycles. The van der Waals surface area contributed by atoms with Crippen molar-refractivity contribution in [3.05, 3.63) is 70.3 Å². The number of aryl methyl sites for hydroxylation is 1. The van der Waals surface area contributed by atoms with Crippen LogP contribution in [0.1, 0.15) is 33.4 Å². The van der Waals surface area contributed by atoms with E-state index in [1.54, 1.807) is 17.1 Å². The van der Waals surface area contributed by atoms with Crippen LogP contribution in [0, 0.1) is 0 Å². The van der Waals surface area contributed by atoms with Crippen molar-refractivity contribution >= 4 is 23.6 Å². The SMILES string of the molecule is Cn1ncc(Cl)c1CC1c2ccccc2C(=O)N1C/C=C/c1c[nH]nn1. The highest BCUT2D eigenvalue weighted by molar-refractivity contribution is 6.31. The fourth-order valence-corrected chi connectivity index (χ4v) is 3.55. The molecule has 1 atom stereocenters. The van der Waals surface area contributed by atoms with Gasteiger partial charge < -0.3 is 4.90 Å². The topological polar surface area (TPSA) is 79.7 Å². The third kappa shape index (κ3) is 2.90. The van der Waals surface area contributed by atoms with Crippen LogP contribution in [0.3, 0.4) is 0 Å². The summed E-state index contributed by atoms with van der Waals surface area (Å²) in [6, 6.07) is 7.63. The molecule has 0 saturated heterocycles. The van der Waals surface area contributed by atoms with E-state index in [0.717, 1.165) is 22.5 Å². The second-order valence-electron chi connectivity index (χ2n) is 6.13. The monoisotopic (exact) mass is 368 g/mol. The lowest BCUT2D eigenvalue weighted by atomic mass is 10.0. The number of nitrogens with zero attached hydrogens (tertiary/aromatic N) is 5. The van der Waals surface area contributed by atoms with Crippen molar-refractivity contribution in [3.63, 3.8) is 0 Å². The van der Waals surface area contributed by atoms with Gasteiger partial charge in [-0.2, -0.15) is 5.10 Å². The van der Waals surface area contributed by atoms with Gasteiger partial charge in [0, 0.05) is 31.8 Å². The van der Waals surface area contributed by atoms with Crippen molar-refractivity contribution in [2.75, 3.05) is 6.54 Å². The summed E-state index contributed by atoms with van der Waals surface area (Å²) < 4.78 is 1.76. The van der Waals surface area contributed by atoms with Gasteiger partial charge in [0.25, 0.3) is 5.91 Å². The molecule has 1 unspecified atom stereocenters. The molecule has 1 aliphatic heterocycles. The van der Waals surface area contributed by atoms with E-state index in [2.05, 4.69) is 20.5 Å². The molecule has 26 heavy (non-hydrogen) atoms. The maximum atomic E-state index is 12.9. The summed E-state index contributed by atoms with van der Waals surface area (Å²) in [5.41, 5.74) is 3.39. The van der Waals surface area contributed by atoms with E-state index < -0.39 is 0 Å². The minimum Gasteiger partial charge on any atom is -0.327 e. The fraction of sp³-hybridized carbons (Fsp3) is 0.222. The van der Waals surface area contributed by atoms with E-state index in [0.29, 0.717) is 18.0 Å². The number of aromatic nitrogens is 5. The van der Waals surface area contributed by atoms with Gasteiger partial charge in [-0.25, -0.2) is 0 Å². The molecule has 132 valence electrons. The van der Waals surface area contributed by atoms with Gasteiger partial charge in [0.2, 0.25) is 0 Å². The lowest BCUT2D eigenvalue weighted by Crippen LogP contribution is -2.30. The van der Waals surface area contributed by atoms with Crippen LogP contribution in [0.5, 0.6) is 0 Å². The number of hydrogen-bond donors (Lipinski definition) is 1. The Balaban J connectivity index is 1.63. The summed E-state index contributed by atoms with van der Waals surface area (Å²) in [5, 5.41) is 15.1. The molecular formula is C18H17ClN6O. The average Bonchev–Trinajstić information content (AvgIpc) is 3.33. The number of nitrogens with one attached hydrogen (secondary N) is 1. The minimum absolute atomic E-state index is 0.0219. The van der Waals surface area contributed by atoms with E-state index in [4.69, 9.17) is 11.6 Å². The van der Waals surface area contributed by atoms with Gasteiger partial charge in [0.05, 0.1) is 23.0 Å². The first-order valence-corrected chi connectivity index (χ1v) is 8.62. The Bertz CT molecular complexity index is 942. The van der Waals surface area contributed by atoms with Crippen molar-refractivity contribution in [2.24, 2.45) is 7.05 Å². The van der Waals surface area contributed by atoms with Crippen molar-refractivity contribution in [3.8, 4) is 0 Å². The molecule has 1 aromatic carbocycles. The highest BCUT2D eigenvalue weighted by Crippen LogP contribution is 2.36. The maximum absolute atomic E-state index is 12.9. The molecular weight excluding hydrogens is 352 g/mol. The third-order valence-electron chi connectivity index (χ3n) is 4.61. The van der Waals surface area contributed by atoms with Gasteiger partial charge in [0.1, 0.15) is 5.69 Å². The number of amides is 1. The zero-order chi connectivity index (χ0) is 18.1. The van der Waals surface area contributed by atoms with Gasteiger partial charge in [-0.1, -0.05) is 41.1 Å². The van der Waals surface area contributed by atoms with E-state index in [9.17, 15) is 4.79 Å². The summed E-state index contributed by atoms with van der Waals surface area (Å²) in [4.78, 5) is 14.8. The Morgan fingerprint density at radius 1 is 1.35 bits per heavy atom. The quantitative estimate of drug-likeness (QED) is 0.750. The number of halogens is 1. The van der Waals surface area contributed by atoms with Gasteiger partial charge in [-0.05, 0) is 17.7 Å². The summed E-state index contributed by atoms with van der Waals surface area (Å²) >= 11 is 6.29. The number of benzene rings is 1. The molecule has 0 saturated carbocycles. The molecule has 7 nitrogen and oxygen atoms in total. The second-order valence-corrected chi connectivity index (χ2v) is 6.54. The molecule has 0 spiro atoms. The number of carbonyl (C=O) groups excluding carboxylic acids is 1. The smallest absolute Gasteiger partial charge is 0.255 e. The van der Waals surface area contributed by atoms with Gasteiger partial charge in [0.15, 0.2) is 0 Å². The van der Waals surface area contributed by atoms with Gasteiger partial charge in [-0.15, -0.1) is 5.10 Å². The molecule has 3 aromatic rings. The Kier molecular flexibility index (Phi) is 4.30. The molecule has 0 radical (unpaired) electrons. The molecule has 8 heteroatoms. The number of carbonyl (C=O) groups is 1. The first-order chi connectivity index (χ1) is 12.6. The van der Waals surface area contributed by atoms with Crippen molar-refractivity contribution in [1.82, 2.24) is 30.1 Å². The van der Waals surface area contributed by atoms with E-state index in [1.165, 1.54) is 0 Å². The first kappa shape index (κ1) is 16.5. The summed E-state index contributed by atoms with van der Waals surface area (Å²) in [7, 11) is 1.86. The number of fused-ring (bicyclic) bond motifs is 1. The lowest BCUT2D eigenvalue weighted by Gasteiger charge is -2.24. The highest BCUT2D eigenvalue weighted by Gasteiger charge is 2.36. The zero-order valence-electron chi connectivity index (χ0n) is 14.1. The predicted molar refractivity (Wildman–Crippen MR) is 97.6 cm³/mol. The van der Waals surface area contributed by atoms with Crippen LogP contribution in [-0.4, -0.2) is 42.5 Å². The Labute approximate surface area is 155 Å². The standard InChI is InChI=1S/C18H17ClN6O/c1-24-17(15(19)11-21-24)9-16-13-6-2-3-7-14(13)18(26)25(16)8-4-5-12-10-20-23-22-12/h2-7,10-11,16H,8-9H2,1H3,(H,20,22,23)/b5-4+. The maximum Gasteiger partial charge on any atom is 0.255 e. The van der Waals surface area contributed by atoms with Gasteiger partial charge >= 0.3 is 0 Å². The Morgan fingerprint density at radius 2 is 2.19 bits per heavy atom. The number of aromatic amines is 1. The molecule has 3 heterocycles.